The predicted octanol–water partition coefficient (Wildman–Crippen LogP) is 2.08. The molecule has 0 saturated heterocycles. The molecule has 20 heavy (non-hydrogen) atoms. The molecule has 6 nitrogen and oxygen atoms in total. The van der Waals surface area contributed by atoms with Crippen molar-refractivity contribution in [2.75, 3.05) is 0 Å². The lowest BCUT2D eigenvalue weighted by molar-refractivity contribution is -0.144. The number of H-pyrrole nitrogens is 1. The van der Waals surface area contributed by atoms with Gasteiger partial charge in [0, 0.05) is 0 Å². The minimum absolute atomic E-state index is 0.0622. The molecule has 10 heteroatoms. The number of aryl methyl sites for hydroxylation is 1. The molecule has 0 saturated carbocycles. The number of carbonyl (C=O) groups excluding carboxylic acids is 1. The van der Waals surface area contributed by atoms with Crippen LogP contribution in [0.25, 0.3) is 0 Å². The van der Waals surface area contributed by atoms with Crippen molar-refractivity contribution in [3.63, 3.8) is 0 Å². The van der Waals surface area contributed by atoms with Gasteiger partial charge in [0.25, 0.3) is 11.7 Å². The fourth-order valence-corrected chi connectivity index (χ4v) is 2.15. The third-order valence-corrected chi connectivity index (χ3v) is 3.39. The molecule has 1 atom stereocenters. The summed E-state index contributed by atoms with van der Waals surface area (Å²) >= 11 is 1.15. The third kappa shape index (κ3) is 2.95. The van der Waals surface area contributed by atoms with E-state index in [1.165, 1.54) is 12.4 Å². The largest absolute Gasteiger partial charge is 0.453 e. The lowest BCUT2D eigenvalue weighted by Crippen LogP contribution is -2.27. The average molecular weight is 305 g/mol. The molecule has 1 unspecified atom stereocenters. The number of thiazole rings is 1. The number of nitrogens with zero attached hydrogens (tertiary/aromatic N) is 3. The fraction of sp³-hybridized carbons (Fsp3) is 0.400. The summed E-state index contributed by atoms with van der Waals surface area (Å²) in [5.41, 5.74) is 2.08. The van der Waals surface area contributed by atoms with Crippen LogP contribution in [0.1, 0.15) is 40.0 Å². The number of amides is 1. The van der Waals surface area contributed by atoms with E-state index in [4.69, 9.17) is 0 Å². The molecule has 0 radical (unpaired) electrons. The number of nitrogens with one attached hydrogen (secondary N) is 2. The van der Waals surface area contributed by atoms with E-state index in [-0.39, 0.29) is 5.82 Å². The van der Waals surface area contributed by atoms with Gasteiger partial charge in [-0.15, -0.1) is 16.4 Å². The van der Waals surface area contributed by atoms with Crippen molar-refractivity contribution in [2.24, 2.45) is 0 Å². The summed E-state index contributed by atoms with van der Waals surface area (Å²) in [4.78, 5) is 19.5. The lowest BCUT2D eigenvalue weighted by Gasteiger charge is -2.10. The van der Waals surface area contributed by atoms with Crippen molar-refractivity contribution >= 4 is 17.2 Å². The van der Waals surface area contributed by atoms with Gasteiger partial charge in [-0.2, -0.15) is 13.2 Å². The Kier molecular flexibility index (Phi) is 3.75. The molecular formula is C10H10F3N5OS. The molecule has 2 aromatic rings. The van der Waals surface area contributed by atoms with Crippen molar-refractivity contribution in [2.45, 2.75) is 26.1 Å². The molecule has 1 amide bonds. The number of carbonyl (C=O) groups is 1. The Hall–Kier alpha value is -1.97. The summed E-state index contributed by atoms with van der Waals surface area (Å²) in [5, 5.41) is 7.78. The summed E-state index contributed by atoms with van der Waals surface area (Å²) in [6.07, 6.45) is -4.62. The number of hydrogen-bond acceptors (Lipinski definition) is 5. The number of hydrogen-bond donors (Lipinski definition) is 2. The van der Waals surface area contributed by atoms with Crippen LogP contribution in [0, 0.1) is 6.92 Å². The first-order valence-electron chi connectivity index (χ1n) is 5.49. The highest BCUT2D eigenvalue weighted by atomic mass is 32.1. The van der Waals surface area contributed by atoms with Gasteiger partial charge in [-0.3, -0.25) is 9.89 Å². The quantitative estimate of drug-likeness (QED) is 0.909. The highest BCUT2D eigenvalue weighted by Gasteiger charge is 2.36. The zero-order valence-corrected chi connectivity index (χ0v) is 11.3. The molecule has 0 aliphatic carbocycles. The standard InChI is InChI=1S/C10H10F3N5OS/c1-4-6(20-3-14-4)8(19)15-5(2)7-16-9(18-17-7)10(11,12)13/h3,5H,1-2H3,(H,15,19)(H,16,17,18). The van der Waals surface area contributed by atoms with Crippen molar-refractivity contribution in [1.29, 1.82) is 0 Å². The Morgan fingerprint density at radius 1 is 1.50 bits per heavy atom. The summed E-state index contributed by atoms with van der Waals surface area (Å²) in [6.45, 7) is 3.18. The average Bonchev–Trinajstić information content (AvgIpc) is 2.95. The van der Waals surface area contributed by atoms with Crippen LogP contribution in [0.2, 0.25) is 0 Å². The first-order valence-corrected chi connectivity index (χ1v) is 6.37. The van der Waals surface area contributed by atoms with Crippen LogP contribution in [0.3, 0.4) is 0 Å². The molecule has 2 heterocycles. The van der Waals surface area contributed by atoms with Crippen LogP contribution in [-0.4, -0.2) is 26.1 Å². The zero-order valence-electron chi connectivity index (χ0n) is 10.4. The molecule has 0 spiro atoms. The molecule has 0 bridgehead atoms. The lowest BCUT2D eigenvalue weighted by atomic mass is 10.3. The van der Waals surface area contributed by atoms with Crippen molar-refractivity contribution in [1.82, 2.24) is 25.5 Å². The van der Waals surface area contributed by atoms with E-state index in [0.29, 0.717) is 10.6 Å². The number of halogens is 3. The number of aromatic amines is 1. The SMILES string of the molecule is Cc1ncsc1C(=O)NC(C)c1nc(C(F)(F)F)n[nH]1. The van der Waals surface area contributed by atoms with Crippen LogP contribution in [0.5, 0.6) is 0 Å². The van der Waals surface area contributed by atoms with Crippen molar-refractivity contribution < 1.29 is 18.0 Å². The number of alkyl halides is 3. The predicted molar refractivity (Wildman–Crippen MR) is 64.1 cm³/mol. The van der Waals surface area contributed by atoms with E-state index in [9.17, 15) is 18.0 Å². The number of aromatic nitrogens is 4. The second kappa shape index (κ2) is 5.19. The van der Waals surface area contributed by atoms with E-state index in [1.807, 2.05) is 0 Å². The number of rotatable bonds is 3. The Morgan fingerprint density at radius 2 is 2.20 bits per heavy atom. The summed E-state index contributed by atoms with van der Waals surface area (Å²) < 4.78 is 37.1. The summed E-state index contributed by atoms with van der Waals surface area (Å²) in [5.74, 6) is -1.74. The van der Waals surface area contributed by atoms with Crippen LogP contribution < -0.4 is 5.32 Å². The molecule has 108 valence electrons. The molecule has 0 aliphatic rings. The molecule has 0 aromatic carbocycles. The molecular weight excluding hydrogens is 295 g/mol. The Balaban J connectivity index is 2.09. The van der Waals surface area contributed by atoms with E-state index >= 15 is 0 Å². The summed E-state index contributed by atoms with van der Waals surface area (Å²) in [7, 11) is 0. The van der Waals surface area contributed by atoms with E-state index in [0.717, 1.165) is 11.3 Å². The van der Waals surface area contributed by atoms with Gasteiger partial charge >= 0.3 is 6.18 Å². The maximum Gasteiger partial charge on any atom is 0.453 e. The Labute approximate surface area is 115 Å². The molecule has 2 aromatic heterocycles. The normalized spacial score (nSPS) is 13.2. The minimum Gasteiger partial charge on any atom is -0.342 e. The first-order chi connectivity index (χ1) is 9.29. The maximum atomic E-state index is 12.4. The van der Waals surface area contributed by atoms with Gasteiger partial charge < -0.3 is 5.32 Å². The van der Waals surface area contributed by atoms with E-state index in [1.54, 1.807) is 6.92 Å². The minimum atomic E-state index is -4.62. The van der Waals surface area contributed by atoms with Crippen LogP contribution in [0.4, 0.5) is 13.2 Å². The third-order valence-electron chi connectivity index (χ3n) is 2.47. The van der Waals surface area contributed by atoms with Gasteiger partial charge in [-0.1, -0.05) is 0 Å². The van der Waals surface area contributed by atoms with E-state index in [2.05, 4.69) is 25.5 Å². The van der Waals surface area contributed by atoms with Gasteiger partial charge in [-0.05, 0) is 13.8 Å². The zero-order chi connectivity index (χ0) is 14.9. The highest BCUT2D eigenvalue weighted by molar-refractivity contribution is 7.11. The fourth-order valence-electron chi connectivity index (χ4n) is 1.45. The van der Waals surface area contributed by atoms with Gasteiger partial charge in [-0.25, -0.2) is 9.97 Å². The molecule has 2 rings (SSSR count). The van der Waals surface area contributed by atoms with Crippen LogP contribution in [0.15, 0.2) is 5.51 Å². The summed E-state index contributed by atoms with van der Waals surface area (Å²) in [6, 6.07) is -0.729. The van der Waals surface area contributed by atoms with Crippen molar-refractivity contribution in [3.8, 4) is 0 Å². The van der Waals surface area contributed by atoms with Gasteiger partial charge in [0.05, 0.1) is 17.2 Å². The van der Waals surface area contributed by atoms with Crippen LogP contribution >= 0.6 is 11.3 Å². The Bertz CT molecular complexity index is 620. The Morgan fingerprint density at radius 3 is 2.70 bits per heavy atom. The molecule has 0 fully saturated rings. The van der Waals surface area contributed by atoms with Gasteiger partial charge in [0.15, 0.2) is 0 Å². The topological polar surface area (TPSA) is 83.6 Å². The second-order valence-corrected chi connectivity index (χ2v) is 4.86. The maximum absolute atomic E-state index is 12.4. The van der Waals surface area contributed by atoms with Crippen LogP contribution in [-0.2, 0) is 6.18 Å². The van der Waals surface area contributed by atoms with E-state index < -0.39 is 23.9 Å². The molecule has 2 N–H and O–H groups in total. The van der Waals surface area contributed by atoms with Gasteiger partial charge in [0.1, 0.15) is 10.7 Å². The monoisotopic (exact) mass is 305 g/mol. The molecule has 0 aliphatic heterocycles. The highest BCUT2D eigenvalue weighted by Crippen LogP contribution is 2.26. The van der Waals surface area contributed by atoms with Gasteiger partial charge in [0.2, 0.25) is 0 Å². The second-order valence-electron chi connectivity index (χ2n) is 4.00. The smallest absolute Gasteiger partial charge is 0.342 e. The first kappa shape index (κ1) is 14.4. The van der Waals surface area contributed by atoms with Crippen molar-refractivity contribution in [3.05, 3.63) is 27.7 Å².